The molecule has 1 saturated heterocycles. The van der Waals surface area contributed by atoms with Crippen LogP contribution in [0, 0.1) is 5.92 Å². The molecular weight excluding hydrogens is 146 g/mol. The Morgan fingerprint density at radius 3 is 2.80 bits per heavy atom. The molecule has 0 spiro atoms. The lowest BCUT2D eigenvalue weighted by Crippen LogP contribution is -2.43. The molecule has 2 nitrogen and oxygen atoms in total. The Morgan fingerprint density at radius 2 is 2.40 bits per heavy atom. The molecule has 1 aliphatic heterocycles. The van der Waals surface area contributed by atoms with Gasteiger partial charge in [-0.25, -0.2) is 0 Å². The van der Waals surface area contributed by atoms with Gasteiger partial charge in [-0.15, -0.1) is 0 Å². The smallest absolute Gasteiger partial charge is 0.256 e. The molecule has 58 valence electrons. The molecule has 0 bridgehead atoms. The molecule has 1 unspecified atom stereocenters. The van der Waals surface area contributed by atoms with Gasteiger partial charge in [0.05, 0.1) is 6.61 Å². The Morgan fingerprint density at radius 1 is 1.70 bits per heavy atom. The van der Waals surface area contributed by atoms with E-state index in [-0.39, 0.29) is 0 Å². The summed E-state index contributed by atoms with van der Waals surface area (Å²) in [5.74, 6) is 0.641. The zero-order chi connectivity index (χ0) is 7.56. The lowest BCUT2D eigenvalue weighted by Gasteiger charge is -2.28. The highest BCUT2D eigenvalue weighted by atomic mass is 32.1. The van der Waals surface area contributed by atoms with Gasteiger partial charge in [-0.05, 0) is 18.1 Å². The summed E-state index contributed by atoms with van der Waals surface area (Å²) in [6, 6.07) is 0.515. The average molecular weight is 159 g/mol. The van der Waals surface area contributed by atoms with Gasteiger partial charge in [-0.2, -0.15) is 0 Å². The molecule has 1 rings (SSSR count). The minimum Gasteiger partial charge on any atom is -0.471 e. The molecular formula is C7H13NOS. The monoisotopic (exact) mass is 159 g/mol. The van der Waals surface area contributed by atoms with Crippen molar-refractivity contribution in [3.63, 3.8) is 0 Å². The molecule has 3 heteroatoms. The Balaban J connectivity index is 2.39. The molecule has 1 heterocycles. The van der Waals surface area contributed by atoms with Crippen LogP contribution in [0.5, 0.6) is 0 Å². The first-order valence-corrected chi connectivity index (χ1v) is 4.04. The standard InChI is InChI=1S/C7H13NOS/c1-5(2)6-3-4-9-7(10)8-6/h5-6H,3-4H2,1-2H3,(H,8,10). The largest absolute Gasteiger partial charge is 0.471 e. The Labute approximate surface area is 66.9 Å². The molecule has 1 fully saturated rings. The first kappa shape index (κ1) is 7.79. The van der Waals surface area contributed by atoms with E-state index in [9.17, 15) is 0 Å². The molecule has 10 heavy (non-hydrogen) atoms. The summed E-state index contributed by atoms with van der Waals surface area (Å²) in [5.41, 5.74) is 0. The fraction of sp³-hybridized carbons (Fsp3) is 0.857. The van der Waals surface area contributed by atoms with Crippen LogP contribution in [0.4, 0.5) is 0 Å². The number of ether oxygens (including phenoxy) is 1. The third-order valence-corrected chi connectivity index (χ3v) is 2.01. The average Bonchev–Trinajstić information content (AvgIpc) is 1.88. The quantitative estimate of drug-likeness (QED) is 0.583. The normalized spacial score (nSPS) is 25.9. The summed E-state index contributed by atoms with van der Waals surface area (Å²) in [4.78, 5) is 0. The summed E-state index contributed by atoms with van der Waals surface area (Å²) >= 11 is 4.87. The van der Waals surface area contributed by atoms with Crippen molar-refractivity contribution >= 4 is 17.4 Å². The number of hydrogen-bond acceptors (Lipinski definition) is 2. The van der Waals surface area contributed by atoms with Crippen molar-refractivity contribution in [2.75, 3.05) is 6.61 Å². The van der Waals surface area contributed by atoms with Gasteiger partial charge in [0.25, 0.3) is 5.17 Å². The second kappa shape index (κ2) is 3.19. The van der Waals surface area contributed by atoms with Gasteiger partial charge in [-0.1, -0.05) is 13.8 Å². The summed E-state index contributed by atoms with van der Waals surface area (Å²) < 4.78 is 5.08. The van der Waals surface area contributed by atoms with Gasteiger partial charge >= 0.3 is 0 Å². The molecule has 0 aromatic heterocycles. The minimum absolute atomic E-state index is 0.515. The topological polar surface area (TPSA) is 21.3 Å². The van der Waals surface area contributed by atoms with E-state index in [1.807, 2.05) is 0 Å². The van der Waals surface area contributed by atoms with Crippen LogP contribution >= 0.6 is 12.2 Å². The second-order valence-electron chi connectivity index (χ2n) is 2.92. The van der Waals surface area contributed by atoms with Crippen molar-refractivity contribution in [3.8, 4) is 0 Å². The van der Waals surface area contributed by atoms with E-state index in [1.165, 1.54) is 0 Å². The highest BCUT2D eigenvalue weighted by molar-refractivity contribution is 7.80. The Kier molecular flexibility index (Phi) is 2.49. The van der Waals surface area contributed by atoms with E-state index in [2.05, 4.69) is 19.2 Å². The maximum atomic E-state index is 5.08. The third-order valence-electron chi connectivity index (χ3n) is 1.77. The zero-order valence-electron chi connectivity index (χ0n) is 6.39. The predicted octanol–water partition coefficient (Wildman–Crippen LogP) is 1.31. The van der Waals surface area contributed by atoms with Gasteiger partial charge < -0.3 is 10.1 Å². The third kappa shape index (κ3) is 1.84. The summed E-state index contributed by atoms with van der Waals surface area (Å²) in [6.45, 7) is 5.14. The SMILES string of the molecule is CC(C)C1CCOC(=S)N1. The molecule has 0 amide bonds. The van der Waals surface area contributed by atoms with Crippen LogP contribution in [0.2, 0.25) is 0 Å². The van der Waals surface area contributed by atoms with Crippen LogP contribution in [0.3, 0.4) is 0 Å². The van der Waals surface area contributed by atoms with Gasteiger partial charge in [0.1, 0.15) is 0 Å². The van der Waals surface area contributed by atoms with Crippen LogP contribution in [0.1, 0.15) is 20.3 Å². The van der Waals surface area contributed by atoms with E-state index in [0.29, 0.717) is 17.1 Å². The van der Waals surface area contributed by atoms with Crippen molar-refractivity contribution in [2.24, 2.45) is 5.92 Å². The second-order valence-corrected chi connectivity index (χ2v) is 3.29. The molecule has 1 N–H and O–H groups in total. The Hall–Kier alpha value is -0.310. The molecule has 1 atom stereocenters. The van der Waals surface area contributed by atoms with E-state index in [4.69, 9.17) is 17.0 Å². The van der Waals surface area contributed by atoms with Gasteiger partial charge in [0.15, 0.2) is 0 Å². The van der Waals surface area contributed by atoms with Crippen molar-refractivity contribution in [2.45, 2.75) is 26.3 Å². The molecule has 0 saturated carbocycles. The molecule has 0 aliphatic carbocycles. The fourth-order valence-electron chi connectivity index (χ4n) is 1.04. The fourth-order valence-corrected chi connectivity index (χ4v) is 1.28. The first-order chi connectivity index (χ1) is 4.70. The number of thiocarbonyl (C=S) groups is 1. The van der Waals surface area contributed by atoms with Crippen molar-refractivity contribution in [1.29, 1.82) is 0 Å². The maximum absolute atomic E-state index is 5.08. The summed E-state index contributed by atoms with van der Waals surface area (Å²) in [5, 5.41) is 3.69. The molecule has 0 radical (unpaired) electrons. The van der Waals surface area contributed by atoms with E-state index in [0.717, 1.165) is 13.0 Å². The van der Waals surface area contributed by atoms with E-state index < -0.39 is 0 Å². The van der Waals surface area contributed by atoms with Crippen molar-refractivity contribution in [3.05, 3.63) is 0 Å². The highest BCUT2D eigenvalue weighted by Gasteiger charge is 2.18. The minimum atomic E-state index is 0.515. The number of nitrogens with one attached hydrogen (secondary N) is 1. The number of rotatable bonds is 1. The molecule has 0 aromatic carbocycles. The summed E-state index contributed by atoms with van der Waals surface area (Å²) in [6.07, 6.45) is 1.07. The van der Waals surface area contributed by atoms with Crippen LogP contribution in [0.25, 0.3) is 0 Å². The lowest BCUT2D eigenvalue weighted by molar-refractivity contribution is 0.214. The van der Waals surface area contributed by atoms with Crippen LogP contribution in [-0.2, 0) is 4.74 Å². The van der Waals surface area contributed by atoms with Gasteiger partial charge in [0, 0.05) is 12.5 Å². The maximum Gasteiger partial charge on any atom is 0.256 e. The summed E-state index contributed by atoms with van der Waals surface area (Å²) in [7, 11) is 0. The Bertz CT molecular complexity index is 136. The lowest BCUT2D eigenvalue weighted by atomic mass is 10.0. The van der Waals surface area contributed by atoms with Gasteiger partial charge in [0.2, 0.25) is 0 Å². The zero-order valence-corrected chi connectivity index (χ0v) is 7.20. The number of hydrogen-bond donors (Lipinski definition) is 1. The van der Waals surface area contributed by atoms with Crippen LogP contribution < -0.4 is 5.32 Å². The highest BCUT2D eigenvalue weighted by Crippen LogP contribution is 2.09. The molecule has 0 aromatic rings. The predicted molar refractivity (Wildman–Crippen MR) is 44.9 cm³/mol. The first-order valence-electron chi connectivity index (χ1n) is 3.63. The van der Waals surface area contributed by atoms with Gasteiger partial charge in [-0.3, -0.25) is 0 Å². The van der Waals surface area contributed by atoms with Crippen LogP contribution in [-0.4, -0.2) is 17.8 Å². The van der Waals surface area contributed by atoms with E-state index >= 15 is 0 Å². The van der Waals surface area contributed by atoms with Crippen molar-refractivity contribution in [1.82, 2.24) is 5.32 Å². The molecule has 1 aliphatic rings. The van der Waals surface area contributed by atoms with Crippen LogP contribution in [0.15, 0.2) is 0 Å². The van der Waals surface area contributed by atoms with E-state index in [1.54, 1.807) is 0 Å². The van der Waals surface area contributed by atoms with Crippen molar-refractivity contribution < 1.29 is 4.74 Å².